The van der Waals surface area contributed by atoms with Crippen molar-refractivity contribution in [3.05, 3.63) is 36.8 Å². The Bertz CT molecular complexity index is 1060. The maximum atomic E-state index is 12.2. The zero-order valence-electron chi connectivity index (χ0n) is 16.9. The molecule has 8 heteroatoms. The molecule has 0 spiro atoms. The van der Waals surface area contributed by atoms with Crippen LogP contribution >= 0.6 is 0 Å². The first-order chi connectivity index (χ1) is 13.6. The molecule has 8 nitrogen and oxygen atoms in total. The van der Waals surface area contributed by atoms with Gasteiger partial charge in [0.2, 0.25) is 0 Å². The van der Waals surface area contributed by atoms with E-state index in [0.717, 1.165) is 11.1 Å². The number of nitrogens with zero attached hydrogens (tertiary/aromatic N) is 3. The predicted octanol–water partition coefficient (Wildman–Crippen LogP) is 3.70. The summed E-state index contributed by atoms with van der Waals surface area (Å²) in [6.07, 6.45) is 3.45. The van der Waals surface area contributed by atoms with Gasteiger partial charge in [-0.1, -0.05) is 12.1 Å². The number of nitrogen functional groups attached to an aromatic ring is 1. The third-order valence-electron chi connectivity index (χ3n) is 4.44. The van der Waals surface area contributed by atoms with Gasteiger partial charge in [0.25, 0.3) is 0 Å². The smallest absolute Gasteiger partial charge is 0.352 e. The van der Waals surface area contributed by atoms with Gasteiger partial charge in [0.1, 0.15) is 34.9 Å². The summed E-state index contributed by atoms with van der Waals surface area (Å²) in [5, 5.41) is 18.4. The number of nitrogens with two attached hydrogens (primary N) is 1. The van der Waals surface area contributed by atoms with E-state index in [1.54, 1.807) is 45.0 Å². The Morgan fingerprint density at radius 3 is 2.55 bits per heavy atom. The summed E-state index contributed by atoms with van der Waals surface area (Å²) in [6, 6.07) is 6.53. The number of phenols is 1. The highest BCUT2D eigenvalue weighted by atomic mass is 16.6. The second-order valence-corrected chi connectivity index (χ2v) is 7.99. The largest absolute Gasteiger partial charge is 0.508 e. The highest BCUT2D eigenvalue weighted by Gasteiger charge is 2.24. The molecule has 1 atom stereocenters. The molecule has 4 N–H and O–H groups in total. The number of anilines is 1. The summed E-state index contributed by atoms with van der Waals surface area (Å²) in [4.78, 5) is 20.7. The van der Waals surface area contributed by atoms with Gasteiger partial charge >= 0.3 is 5.97 Å². The minimum Gasteiger partial charge on any atom is -0.508 e. The maximum absolute atomic E-state index is 12.2. The van der Waals surface area contributed by atoms with Crippen molar-refractivity contribution in [2.24, 2.45) is 0 Å². The standard InChI is InChI=1S/C21H25N5O3/c1-12(9-16(22)20(28)29-21(2,3)4)26-10-15(13-5-7-14(27)8-6-13)17-18(23)24-11-25-19(17)26/h5-8,10-12,22,27H,9H2,1-4H3,(H2,23,24,25). The summed E-state index contributed by atoms with van der Waals surface area (Å²) < 4.78 is 7.17. The van der Waals surface area contributed by atoms with E-state index < -0.39 is 11.6 Å². The quantitative estimate of drug-likeness (QED) is 0.446. The van der Waals surface area contributed by atoms with Gasteiger partial charge in [-0.05, 0) is 45.4 Å². The highest BCUT2D eigenvalue weighted by Crippen LogP contribution is 2.35. The number of benzene rings is 1. The molecule has 2 aromatic heterocycles. The average molecular weight is 395 g/mol. The van der Waals surface area contributed by atoms with E-state index >= 15 is 0 Å². The van der Waals surface area contributed by atoms with Gasteiger partial charge in [-0.3, -0.25) is 5.41 Å². The fourth-order valence-corrected chi connectivity index (χ4v) is 3.12. The highest BCUT2D eigenvalue weighted by molar-refractivity contribution is 6.35. The van der Waals surface area contributed by atoms with Crippen molar-refractivity contribution < 1.29 is 14.6 Å². The monoisotopic (exact) mass is 395 g/mol. The zero-order valence-corrected chi connectivity index (χ0v) is 16.9. The van der Waals surface area contributed by atoms with E-state index in [1.807, 2.05) is 17.7 Å². The van der Waals surface area contributed by atoms with Crippen molar-refractivity contribution in [3.63, 3.8) is 0 Å². The van der Waals surface area contributed by atoms with Gasteiger partial charge in [-0.2, -0.15) is 0 Å². The number of esters is 1. The molecule has 0 aliphatic rings. The molecule has 0 fully saturated rings. The second kappa shape index (κ2) is 7.54. The first-order valence-corrected chi connectivity index (χ1v) is 9.28. The third-order valence-corrected chi connectivity index (χ3v) is 4.44. The van der Waals surface area contributed by atoms with Crippen LogP contribution in [0, 0.1) is 5.41 Å². The lowest BCUT2D eigenvalue weighted by atomic mass is 10.1. The van der Waals surface area contributed by atoms with E-state index in [9.17, 15) is 9.90 Å². The van der Waals surface area contributed by atoms with Crippen LogP contribution in [-0.4, -0.2) is 36.9 Å². The second-order valence-electron chi connectivity index (χ2n) is 7.99. The van der Waals surface area contributed by atoms with Crippen LogP contribution < -0.4 is 5.73 Å². The summed E-state index contributed by atoms with van der Waals surface area (Å²) in [7, 11) is 0. The van der Waals surface area contributed by atoms with Gasteiger partial charge in [0, 0.05) is 24.2 Å². The molecule has 0 amide bonds. The van der Waals surface area contributed by atoms with E-state index in [1.165, 1.54) is 6.33 Å². The molecule has 1 unspecified atom stereocenters. The Kier molecular flexibility index (Phi) is 5.28. The van der Waals surface area contributed by atoms with Crippen LogP contribution in [0.3, 0.4) is 0 Å². The predicted molar refractivity (Wildman–Crippen MR) is 112 cm³/mol. The van der Waals surface area contributed by atoms with Crippen LogP contribution in [-0.2, 0) is 9.53 Å². The third kappa shape index (κ3) is 4.37. The Hall–Kier alpha value is -3.42. The van der Waals surface area contributed by atoms with Crippen LogP contribution in [0.15, 0.2) is 36.8 Å². The Balaban J connectivity index is 1.97. The molecule has 2 heterocycles. The molecule has 152 valence electrons. The molecule has 0 aliphatic carbocycles. The number of nitrogens with one attached hydrogen (secondary N) is 1. The number of ether oxygens (including phenoxy) is 1. The number of aromatic nitrogens is 3. The first kappa shape index (κ1) is 20.3. The van der Waals surface area contributed by atoms with Crippen LogP contribution in [0.2, 0.25) is 0 Å². The van der Waals surface area contributed by atoms with Gasteiger partial charge in [0.15, 0.2) is 0 Å². The lowest BCUT2D eigenvalue weighted by Crippen LogP contribution is -2.29. The van der Waals surface area contributed by atoms with Crippen molar-refractivity contribution in [3.8, 4) is 16.9 Å². The summed E-state index contributed by atoms with van der Waals surface area (Å²) in [5.41, 5.74) is 7.64. The number of aromatic hydroxyl groups is 1. The lowest BCUT2D eigenvalue weighted by molar-refractivity contribution is -0.146. The van der Waals surface area contributed by atoms with Crippen LogP contribution in [0.4, 0.5) is 5.82 Å². The number of carbonyl (C=O) groups excluding carboxylic acids is 1. The fraction of sp³-hybridized carbons (Fsp3) is 0.333. The average Bonchev–Trinajstić information content (AvgIpc) is 3.02. The topological polar surface area (TPSA) is 127 Å². The maximum Gasteiger partial charge on any atom is 0.352 e. The number of carbonyl (C=O) groups is 1. The van der Waals surface area contributed by atoms with E-state index in [0.29, 0.717) is 16.9 Å². The van der Waals surface area contributed by atoms with Crippen molar-refractivity contribution in [2.45, 2.75) is 45.8 Å². The van der Waals surface area contributed by atoms with Crippen molar-refractivity contribution in [1.82, 2.24) is 14.5 Å². The van der Waals surface area contributed by atoms with Gasteiger partial charge < -0.3 is 20.1 Å². The van der Waals surface area contributed by atoms with Crippen molar-refractivity contribution >= 4 is 28.5 Å². The van der Waals surface area contributed by atoms with Gasteiger partial charge in [-0.15, -0.1) is 0 Å². The van der Waals surface area contributed by atoms with Crippen molar-refractivity contribution in [1.29, 1.82) is 5.41 Å². The molecular weight excluding hydrogens is 370 g/mol. The minimum absolute atomic E-state index is 0.109. The Labute approximate surface area is 168 Å². The molecule has 0 saturated heterocycles. The summed E-state index contributed by atoms with van der Waals surface area (Å²) in [5.74, 6) is -0.124. The van der Waals surface area contributed by atoms with Crippen LogP contribution in [0.1, 0.15) is 40.2 Å². The fourth-order valence-electron chi connectivity index (χ4n) is 3.12. The number of phenolic OH excluding ortho intramolecular Hbond substituents is 1. The number of fused-ring (bicyclic) bond motifs is 1. The zero-order chi connectivity index (χ0) is 21.3. The molecule has 3 rings (SSSR count). The van der Waals surface area contributed by atoms with E-state index in [2.05, 4.69) is 9.97 Å². The Morgan fingerprint density at radius 1 is 1.28 bits per heavy atom. The SMILES string of the molecule is CC(CC(=N)C(=O)OC(C)(C)C)n1cc(-c2ccc(O)cc2)c2c(N)ncnc21. The van der Waals surface area contributed by atoms with Crippen LogP contribution in [0.25, 0.3) is 22.2 Å². The Morgan fingerprint density at radius 2 is 1.93 bits per heavy atom. The molecule has 29 heavy (non-hydrogen) atoms. The minimum atomic E-state index is -0.652. The number of rotatable bonds is 5. The summed E-state index contributed by atoms with van der Waals surface area (Å²) >= 11 is 0. The molecule has 0 aliphatic heterocycles. The number of hydrogen-bond donors (Lipinski definition) is 3. The van der Waals surface area contributed by atoms with E-state index in [-0.39, 0.29) is 23.9 Å². The van der Waals surface area contributed by atoms with Crippen molar-refractivity contribution in [2.75, 3.05) is 5.73 Å². The normalized spacial score (nSPS) is 12.7. The van der Waals surface area contributed by atoms with E-state index in [4.69, 9.17) is 15.9 Å². The first-order valence-electron chi connectivity index (χ1n) is 9.28. The summed E-state index contributed by atoms with van der Waals surface area (Å²) in [6.45, 7) is 7.21. The molecule has 0 bridgehead atoms. The van der Waals surface area contributed by atoms with Crippen LogP contribution in [0.5, 0.6) is 5.75 Å². The van der Waals surface area contributed by atoms with Gasteiger partial charge in [-0.25, -0.2) is 14.8 Å². The molecule has 0 radical (unpaired) electrons. The molecule has 1 aromatic carbocycles. The lowest BCUT2D eigenvalue weighted by Gasteiger charge is -2.21. The molecular formula is C21H25N5O3. The molecule has 0 saturated carbocycles. The van der Waals surface area contributed by atoms with Gasteiger partial charge in [0.05, 0.1) is 5.39 Å². The molecule has 3 aromatic rings. The number of hydrogen-bond acceptors (Lipinski definition) is 7.